The average molecular weight is 497 g/mol. The van der Waals surface area contributed by atoms with Gasteiger partial charge in [-0.3, -0.25) is 24.6 Å². The van der Waals surface area contributed by atoms with E-state index in [1.54, 1.807) is 12.1 Å². The summed E-state index contributed by atoms with van der Waals surface area (Å²) in [6.45, 7) is 0. The number of halogens is 1. The molecular formula is C19H13ClN2O8S2. The second kappa shape index (κ2) is 9.51. The van der Waals surface area contributed by atoms with Gasteiger partial charge in [0.05, 0.1) is 14.9 Å². The van der Waals surface area contributed by atoms with Gasteiger partial charge in [0, 0.05) is 30.2 Å². The van der Waals surface area contributed by atoms with Gasteiger partial charge in [-0.1, -0.05) is 35.6 Å². The first-order valence-corrected chi connectivity index (χ1v) is 10.4. The van der Waals surface area contributed by atoms with Crippen LogP contribution in [0.25, 0.3) is 17.4 Å². The highest BCUT2D eigenvalue weighted by molar-refractivity contribution is 8.26. The Morgan fingerprint density at radius 1 is 1.31 bits per heavy atom. The molecule has 1 aliphatic heterocycles. The van der Waals surface area contributed by atoms with Crippen molar-refractivity contribution >= 4 is 69.5 Å². The van der Waals surface area contributed by atoms with Gasteiger partial charge in [-0.05, 0) is 24.6 Å². The number of amides is 1. The molecule has 1 aromatic carbocycles. The largest absolute Gasteiger partial charge is 0.481 e. The maximum absolute atomic E-state index is 12.8. The van der Waals surface area contributed by atoms with Crippen molar-refractivity contribution in [2.45, 2.75) is 18.9 Å². The minimum atomic E-state index is -1.41. The highest BCUT2D eigenvalue weighted by atomic mass is 35.5. The fraction of sp³-hybridized carbons (Fsp3) is 0.158. The summed E-state index contributed by atoms with van der Waals surface area (Å²) < 4.78 is 5.66. The number of non-ortho nitro benzene ring substituents is 1. The molecule has 0 aliphatic carbocycles. The predicted octanol–water partition coefficient (Wildman–Crippen LogP) is 4.03. The second-order valence-electron chi connectivity index (χ2n) is 6.46. The van der Waals surface area contributed by atoms with Crippen LogP contribution < -0.4 is 0 Å². The number of carboxylic acids is 2. The first kappa shape index (κ1) is 23.4. The van der Waals surface area contributed by atoms with Crippen molar-refractivity contribution in [2.75, 3.05) is 0 Å². The number of nitro benzene ring substituents is 1. The van der Waals surface area contributed by atoms with E-state index in [0.717, 1.165) is 16.7 Å². The van der Waals surface area contributed by atoms with E-state index in [1.807, 2.05) is 0 Å². The lowest BCUT2D eigenvalue weighted by Gasteiger charge is -2.22. The molecule has 1 saturated heterocycles. The average Bonchev–Trinajstić information content (AvgIpc) is 3.27. The van der Waals surface area contributed by atoms with Crippen molar-refractivity contribution in [1.29, 1.82) is 0 Å². The van der Waals surface area contributed by atoms with Gasteiger partial charge in [-0.15, -0.1) is 0 Å². The van der Waals surface area contributed by atoms with Crippen molar-refractivity contribution < 1.29 is 33.9 Å². The fourth-order valence-corrected chi connectivity index (χ4v) is 4.50. The molecule has 2 N–H and O–H groups in total. The van der Waals surface area contributed by atoms with Gasteiger partial charge in [0.2, 0.25) is 0 Å². The predicted molar refractivity (Wildman–Crippen MR) is 119 cm³/mol. The number of hydrogen-bond acceptors (Lipinski definition) is 8. The van der Waals surface area contributed by atoms with E-state index in [9.17, 15) is 29.6 Å². The zero-order chi connectivity index (χ0) is 23.6. The number of thiocarbonyl (C=S) groups is 1. The number of aliphatic carboxylic acids is 2. The molecule has 1 unspecified atom stereocenters. The van der Waals surface area contributed by atoms with Crippen LogP contribution in [0.4, 0.5) is 5.69 Å². The summed E-state index contributed by atoms with van der Waals surface area (Å²) in [4.78, 5) is 46.4. The van der Waals surface area contributed by atoms with E-state index in [-0.39, 0.29) is 32.1 Å². The monoisotopic (exact) mass is 496 g/mol. The van der Waals surface area contributed by atoms with Crippen molar-refractivity contribution in [1.82, 2.24) is 4.90 Å². The summed E-state index contributed by atoms with van der Waals surface area (Å²) in [7, 11) is 0. The van der Waals surface area contributed by atoms with E-state index in [1.165, 1.54) is 24.3 Å². The third-order valence-electron chi connectivity index (χ3n) is 4.38. The molecule has 0 spiro atoms. The Morgan fingerprint density at radius 2 is 2.03 bits per heavy atom. The molecule has 0 bridgehead atoms. The van der Waals surface area contributed by atoms with E-state index in [0.29, 0.717) is 11.3 Å². The maximum Gasteiger partial charge on any atom is 0.326 e. The van der Waals surface area contributed by atoms with Crippen molar-refractivity contribution in [3.05, 3.63) is 56.1 Å². The highest BCUT2D eigenvalue weighted by Crippen LogP contribution is 2.37. The van der Waals surface area contributed by atoms with Crippen molar-refractivity contribution in [3.8, 4) is 11.3 Å². The van der Waals surface area contributed by atoms with Crippen molar-refractivity contribution in [2.24, 2.45) is 0 Å². The summed E-state index contributed by atoms with van der Waals surface area (Å²) in [5.41, 5.74) is 0.231. The molecule has 1 amide bonds. The van der Waals surface area contributed by atoms with E-state index < -0.39 is 35.2 Å². The lowest BCUT2D eigenvalue weighted by molar-refractivity contribution is -0.384. The Bertz CT molecular complexity index is 1180. The molecule has 2 heterocycles. The Labute approximate surface area is 194 Å². The summed E-state index contributed by atoms with van der Waals surface area (Å²) in [6, 6.07) is 5.59. The van der Waals surface area contributed by atoms with E-state index in [4.69, 9.17) is 33.3 Å². The molecular weight excluding hydrogens is 484 g/mol. The molecule has 32 heavy (non-hydrogen) atoms. The normalized spacial score (nSPS) is 15.9. The standard InChI is InChI=1S/C19H13ClN2O8S2/c20-12-7-9(22(28)29)1-3-11(12)14-5-2-10(30-14)8-15-17(25)21(19(31)32-15)13(18(26)27)4-6-16(23)24/h1-3,5,7-8,13H,4,6H2,(H,23,24)(H,26,27)/b15-8-. The summed E-state index contributed by atoms with van der Waals surface area (Å²) >= 11 is 12.1. The van der Waals surface area contributed by atoms with E-state index in [2.05, 4.69) is 0 Å². The van der Waals surface area contributed by atoms with Crippen LogP contribution in [0.1, 0.15) is 18.6 Å². The number of hydrogen-bond donors (Lipinski definition) is 2. The topological polar surface area (TPSA) is 151 Å². The molecule has 2 aromatic rings. The van der Waals surface area contributed by atoms with Crippen LogP contribution in [0.15, 0.2) is 39.7 Å². The number of thioether (sulfide) groups is 1. The third kappa shape index (κ3) is 4.98. The Balaban J connectivity index is 1.84. The molecule has 13 heteroatoms. The van der Waals surface area contributed by atoms with Crippen LogP contribution in [-0.2, 0) is 14.4 Å². The molecule has 3 rings (SSSR count). The smallest absolute Gasteiger partial charge is 0.326 e. The molecule has 1 aromatic heterocycles. The van der Waals surface area contributed by atoms with Gasteiger partial charge < -0.3 is 14.6 Å². The number of carbonyl (C=O) groups excluding carboxylic acids is 1. The van der Waals surface area contributed by atoms with Crippen LogP contribution in [0.3, 0.4) is 0 Å². The molecule has 0 saturated carbocycles. The minimum Gasteiger partial charge on any atom is -0.481 e. The Kier molecular flexibility index (Phi) is 6.96. The Morgan fingerprint density at radius 3 is 2.62 bits per heavy atom. The SMILES string of the molecule is O=C(O)CCC(C(=O)O)N1C(=O)/C(=C/c2ccc(-c3ccc([N+](=O)[O-])cc3Cl)o2)SC1=S. The molecule has 10 nitrogen and oxygen atoms in total. The van der Waals surface area contributed by atoms with Crippen LogP contribution in [-0.4, -0.2) is 48.2 Å². The quantitative estimate of drug-likeness (QED) is 0.237. The van der Waals surface area contributed by atoms with Gasteiger partial charge in [0.1, 0.15) is 21.9 Å². The van der Waals surface area contributed by atoms with Gasteiger partial charge in [0.25, 0.3) is 11.6 Å². The van der Waals surface area contributed by atoms with Crippen LogP contribution in [0.2, 0.25) is 5.02 Å². The number of nitro groups is 1. The number of rotatable bonds is 8. The number of benzene rings is 1. The molecule has 1 fully saturated rings. The Hall–Kier alpha value is -3.22. The summed E-state index contributed by atoms with van der Waals surface area (Å²) in [5.74, 6) is -2.69. The zero-order valence-electron chi connectivity index (χ0n) is 15.9. The maximum atomic E-state index is 12.8. The van der Waals surface area contributed by atoms with Crippen molar-refractivity contribution in [3.63, 3.8) is 0 Å². The van der Waals surface area contributed by atoms with Crippen LogP contribution in [0.5, 0.6) is 0 Å². The number of furan rings is 1. The second-order valence-corrected chi connectivity index (χ2v) is 8.54. The highest BCUT2D eigenvalue weighted by Gasteiger charge is 2.40. The summed E-state index contributed by atoms with van der Waals surface area (Å²) in [5, 5.41) is 29.2. The van der Waals surface area contributed by atoms with Crippen LogP contribution >= 0.6 is 35.6 Å². The zero-order valence-corrected chi connectivity index (χ0v) is 18.3. The van der Waals surface area contributed by atoms with Gasteiger partial charge in [0.15, 0.2) is 0 Å². The number of carboxylic acid groups (broad SMARTS) is 2. The van der Waals surface area contributed by atoms with E-state index >= 15 is 0 Å². The van der Waals surface area contributed by atoms with Gasteiger partial charge in [-0.25, -0.2) is 4.79 Å². The minimum absolute atomic E-state index is 0.00997. The first-order chi connectivity index (χ1) is 15.1. The lowest BCUT2D eigenvalue weighted by Crippen LogP contribution is -2.44. The third-order valence-corrected chi connectivity index (χ3v) is 6.02. The van der Waals surface area contributed by atoms with Crippen LogP contribution in [0, 0.1) is 10.1 Å². The molecule has 0 radical (unpaired) electrons. The first-order valence-electron chi connectivity index (χ1n) is 8.84. The molecule has 1 atom stereocenters. The molecule has 1 aliphatic rings. The van der Waals surface area contributed by atoms with Gasteiger partial charge >= 0.3 is 11.9 Å². The lowest BCUT2D eigenvalue weighted by atomic mass is 10.1. The van der Waals surface area contributed by atoms with Gasteiger partial charge in [-0.2, -0.15) is 0 Å². The summed E-state index contributed by atoms with van der Waals surface area (Å²) in [6.07, 6.45) is 0.636. The fourth-order valence-electron chi connectivity index (χ4n) is 2.89. The molecule has 166 valence electrons. The number of nitrogens with zero attached hydrogens (tertiary/aromatic N) is 2. The number of carbonyl (C=O) groups is 3.